The molecule has 0 aliphatic carbocycles. The normalized spacial score (nSPS) is 11.5. The number of aromatic nitrogens is 1. The number of rotatable bonds is 8. The number of hydrogen-bond acceptors (Lipinski definition) is 3. The summed E-state index contributed by atoms with van der Waals surface area (Å²) < 4.78 is 0. The number of carbonyl (C=O) groups is 2. The highest BCUT2D eigenvalue weighted by Gasteiger charge is 2.21. The first-order valence-corrected chi connectivity index (χ1v) is 9.70. The summed E-state index contributed by atoms with van der Waals surface area (Å²) in [5, 5.41) is 2.91. The number of likely N-dealkylation sites (N-methyl/N-ethyl adjacent to an activating group) is 1. The molecule has 1 unspecified atom stereocenters. The monoisotopic (exact) mass is 387 g/mol. The quantitative estimate of drug-likeness (QED) is 0.643. The van der Waals surface area contributed by atoms with Crippen molar-refractivity contribution in [2.24, 2.45) is 0 Å². The van der Waals surface area contributed by atoms with Gasteiger partial charge >= 0.3 is 0 Å². The van der Waals surface area contributed by atoms with Gasteiger partial charge in [-0.25, -0.2) is 0 Å². The molecular weight excluding hydrogens is 362 g/mol. The van der Waals surface area contributed by atoms with Gasteiger partial charge in [-0.05, 0) is 42.7 Å². The second-order valence-electron chi connectivity index (χ2n) is 6.89. The minimum absolute atomic E-state index is 0.0254. The van der Waals surface area contributed by atoms with Crippen molar-refractivity contribution in [3.8, 4) is 0 Å². The predicted molar refractivity (Wildman–Crippen MR) is 114 cm³/mol. The van der Waals surface area contributed by atoms with Crippen LogP contribution in [0.15, 0.2) is 85.1 Å². The highest BCUT2D eigenvalue weighted by atomic mass is 16.2. The Labute approximate surface area is 171 Å². The summed E-state index contributed by atoms with van der Waals surface area (Å²) in [6.07, 6.45) is 2.96. The van der Waals surface area contributed by atoms with Crippen LogP contribution in [0, 0.1) is 0 Å². The molecule has 0 aliphatic heterocycles. The third kappa shape index (κ3) is 5.75. The van der Waals surface area contributed by atoms with Crippen LogP contribution in [-0.4, -0.2) is 41.3 Å². The number of carbonyl (C=O) groups excluding carboxylic acids is 2. The second-order valence-corrected chi connectivity index (χ2v) is 6.89. The van der Waals surface area contributed by atoms with Crippen molar-refractivity contribution in [1.82, 2.24) is 15.2 Å². The molecule has 2 aromatic carbocycles. The standard InChI is InChI=1S/C24H25N3O2/c1-27(24(29)20-12-6-3-7-13-20)21(18-19-10-4-2-5-11-19)15-17-26-23(28)22-14-8-9-16-25-22/h2-14,16,21H,15,17-18H2,1H3,(H,26,28). The molecular formula is C24H25N3O2. The maximum absolute atomic E-state index is 12.9. The SMILES string of the molecule is CN(C(=O)c1ccccc1)C(CCNC(=O)c1ccccn1)Cc1ccccc1. The van der Waals surface area contributed by atoms with E-state index in [9.17, 15) is 9.59 Å². The van der Waals surface area contributed by atoms with Gasteiger partial charge in [0.2, 0.25) is 0 Å². The lowest BCUT2D eigenvalue weighted by Crippen LogP contribution is -2.41. The zero-order chi connectivity index (χ0) is 20.5. The number of pyridine rings is 1. The van der Waals surface area contributed by atoms with Crippen LogP contribution in [0.4, 0.5) is 0 Å². The molecule has 5 nitrogen and oxygen atoms in total. The molecule has 1 heterocycles. The average Bonchev–Trinajstić information content (AvgIpc) is 2.79. The van der Waals surface area contributed by atoms with Gasteiger partial charge in [0, 0.05) is 31.4 Å². The van der Waals surface area contributed by atoms with Gasteiger partial charge in [0.25, 0.3) is 11.8 Å². The van der Waals surface area contributed by atoms with E-state index in [4.69, 9.17) is 0 Å². The largest absolute Gasteiger partial charge is 0.351 e. The minimum Gasteiger partial charge on any atom is -0.351 e. The lowest BCUT2D eigenvalue weighted by Gasteiger charge is -2.29. The maximum atomic E-state index is 12.9. The van der Waals surface area contributed by atoms with E-state index < -0.39 is 0 Å². The van der Waals surface area contributed by atoms with Gasteiger partial charge in [-0.1, -0.05) is 54.6 Å². The number of benzene rings is 2. The van der Waals surface area contributed by atoms with Gasteiger partial charge in [-0.15, -0.1) is 0 Å². The summed E-state index contributed by atoms with van der Waals surface area (Å²) in [4.78, 5) is 31.0. The first-order valence-electron chi connectivity index (χ1n) is 9.70. The van der Waals surface area contributed by atoms with Gasteiger partial charge < -0.3 is 10.2 Å². The summed E-state index contributed by atoms with van der Waals surface area (Å²) in [5.74, 6) is -0.233. The van der Waals surface area contributed by atoms with Crippen molar-refractivity contribution in [2.45, 2.75) is 18.9 Å². The maximum Gasteiger partial charge on any atom is 0.269 e. The average molecular weight is 387 g/mol. The van der Waals surface area contributed by atoms with E-state index in [1.54, 1.807) is 29.3 Å². The molecule has 2 amide bonds. The van der Waals surface area contributed by atoms with Crippen molar-refractivity contribution >= 4 is 11.8 Å². The Morgan fingerprint density at radius 2 is 1.59 bits per heavy atom. The van der Waals surface area contributed by atoms with Crippen LogP contribution in [0.25, 0.3) is 0 Å². The fraction of sp³-hybridized carbons (Fsp3) is 0.208. The topological polar surface area (TPSA) is 62.3 Å². The molecule has 1 aromatic heterocycles. The van der Waals surface area contributed by atoms with Crippen LogP contribution in [0.2, 0.25) is 0 Å². The Bertz CT molecular complexity index is 915. The Hall–Kier alpha value is -3.47. The van der Waals surface area contributed by atoms with Crippen molar-refractivity contribution < 1.29 is 9.59 Å². The van der Waals surface area contributed by atoms with Crippen LogP contribution < -0.4 is 5.32 Å². The van der Waals surface area contributed by atoms with Crippen LogP contribution in [0.1, 0.15) is 32.8 Å². The molecule has 29 heavy (non-hydrogen) atoms. The molecule has 0 radical (unpaired) electrons. The van der Waals surface area contributed by atoms with Crippen LogP contribution in [0.3, 0.4) is 0 Å². The molecule has 1 atom stereocenters. The molecule has 0 saturated heterocycles. The zero-order valence-corrected chi connectivity index (χ0v) is 16.5. The van der Waals surface area contributed by atoms with Crippen molar-refractivity contribution in [3.05, 3.63) is 102 Å². The lowest BCUT2D eigenvalue weighted by atomic mass is 10.0. The van der Waals surface area contributed by atoms with Crippen molar-refractivity contribution in [3.63, 3.8) is 0 Å². The fourth-order valence-electron chi connectivity index (χ4n) is 3.21. The summed E-state index contributed by atoms with van der Waals surface area (Å²) in [7, 11) is 1.82. The molecule has 0 fully saturated rings. The van der Waals surface area contributed by atoms with E-state index in [0.717, 1.165) is 12.0 Å². The van der Waals surface area contributed by atoms with Gasteiger partial charge in [0.1, 0.15) is 5.69 Å². The van der Waals surface area contributed by atoms with Gasteiger partial charge in [0.15, 0.2) is 0 Å². The van der Waals surface area contributed by atoms with Gasteiger partial charge in [0.05, 0.1) is 0 Å². The molecule has 5 heteroatoms. The van der Waals surface area contributed by atoms with E-state index in [0.29, 0.717) is 24.2 Å². The minimum atomic E-state index is -0.207. The van der Waals surface area contributed by atoms with Crippen LogP contribution >= 0.6 is 0 Å². The molecule has 0 saturated carbocycles. The van der Waals surface area contributed by atoms with Crippen molar-refractivity contribution in [2.75, 3.05) is 13.6 Å². The molecule has 0 aliphatic rings. The number of amides is 2. The highest BCUT2D eigenvalue weighted by Crippen LogP contribution is 2.14. The van der Waals surface area contributed by atoms with Crippen LogP contribution in [0.5, 0.6) is 0 Å². The first kappa shape index (κ1) is 20.3. The van der Waals surface area contributed by atoms with E-state index in [2.05, 4.69) is 22.4 Å². The summed E-state index contributed by atoms with van der Waals surface area (Å²) in [6.45, 7) is 0.458. The Balaban J connectivity index is 1.67. The molecule has 0 spiro atoms. The Morgan fingerprint density at radius 1 is 0.931 bits per heavy atom. The fourth-order valence-corrected chi connectivity index (χ4v) is 3.21. The molecule has 1 N–H and O–H groups in total. The molecule has 148 valence electrons. The van der Waals surface area contributed by atoms with E-state index in [1.165, 1.54) is 0 Å². The summed E-state index contributed by atoms with van der Waals surface area (Å²) in [5.41, 5.74) is 2.20. The summed E-state index contributed by atoms with van der Waals surface area (Å²) in [6, 6.07) is 24.5. The van der Waals surface area contributed by atoms with E-state index >= 15 is 0 Å². The third-order valence-corrected chi connectivity index (χ3v) is 4.86. The van der Waals surface area contributed by atoms with Gasteiger partial charge in [-0.3, -0.25) is 14.6 Å². The molecule has 3 aromatic rings. The molecule has 3 rings (SSSR count). The van der Waals surface area contributed by atoms with Crippen LogP contribution in [-0.2, 0) is 6.42 Å². The summed E-state index contributed by atoms with van der Waals surface area (Å²) >= 11 is 0. The predicted octanol–water partition coefficient (Wildman–Crippen LogP) is 3.59. The Morgan fingerprint density at radius 3 is 2.24 bits per heavy atom. The van der Waals surface area contributed by atoms with E-state index in [1.807, 2.05) is 55.6 Å². The van der Waals surface area contributed by atoms with Gasteiger partial charge in [-0.2, -0.15) is 0 Å². The lowest BCUT2D eigenvalue weighted by molar-refractivity contribution is 0.0723. The number of hydrogen-bond donors (Lipinski definition) is 1. The molecule has 0 bridgehead atoms. The van der Waals surface area contributed by atoms with E-state index in [-0.39, 0.29) is 17.9 Å². The highest BCUT2D eigenvalue weighted by molar-refractivity contribution is 5.94. The Kier molecular flexibility index (Phi) is 7.11. The van der Waals surface area contributed by atoms with Crippen molar-refractivity contribution in [1.29, 1.82) is 0 Å². The second kappa shape index (κ2) is 10.2. The number of nitrogens with zero attached hydrogens (tertiary/aromatic N) is 2. The smallest absolute Gasteiger partial charge is 0.269 e. The number of nitrogens with one attached hydrogen (secondary N) is 1. The first-order chi connectivity index (χ1) is 14.1. The zero-order valence-electron chi connectivity index (χ0n) is 16.5. The third-order valence-electron chi connectivity index (χ3n) is 4.86.